The van der Waals surface area contributed by atoms with Crippen molar-refractivity contribution in [1.82, 2.24) is 0 Å². The Bertz CT molecular complexity index is 962. The molecule has 182 valence electrons. The summed E-state index contributed by atoms with van der Waals surface area (Å²) in [5.41, 5.74) is 1.71. The monoisotopic (exact) mass is 472 g/mol. The Morgan fingerprint density at radius 3 is 2.26 bits per heavy atom. The van der Waals surface area contributed by atoms with Gasteiger partial charge in [-0.05, 0) is 17.7 Å². The molecule has 0 bridgehead atoms. The fourth-order valence-corrected chi connectivity index (χ4v) is 4.01. The molecule has 6 atom stereocenters. The number of carbonyl (C=O) groups is 2. The zero-order chi connectivity index (χ0) is 24.1. The molecule has 2 aliphatic heterocycles. The van der Waals surface area contributed by atoms with Gasteiger partial charge in [-0.1, -0.05) is 42.5 Å². The van der Waals surface area contributed by atoms with Crippen LogP contribution in [0.5, 0.6) is 5.75 Å². The molecule has 0 aromatic heterocycles. The third-order valence-electron chi connectivity index (χ3n) is 5.54. The maximum Gasteiger partial charge on any atom is 0.305 e. The van der Waals surface area contributed by atoms with Gasteiger partial charge in [0.25, 0.3) is 0 Å². The lowest BCUT2D eigenvalue weighted by Crippen LogP contribution is -2.64. The van der Waals surface area contributed by atoms with Crippen molar-refractivity contribution in [3.8, 4) is 5.75 Å². The Balaban J connectivity index is 1.60. The summed E-state index contributed by atoms with van der Waals surface area (Å²) in [5, 5.41) is 0. The van der Waals surface area contributed by atoms with Crippen molar-refractivity contribution in [1.29, 1.82) is 0 Å². The van der Waals surface area contributed by atoms with Crippen LogP contribution in [0.3, 0.4) is 0 Å². The van der Waals surface area contributed by atoms with E-state index >= 15 is 0 Å². The van der Waals surface area contributed by atoms with E-state index in [1.807, 2.05) is 54.6 Å². The molecule has 2 heterocycles. The summed E-state index contributed by atoms with van der Waals surface area (Å²) >= 11 is 0. The van der Waals surface area contributed by atoms with Crippen LogP contribution in [0.4, 0.5) is 0 Å². The molecule has 4 rings (SSSR count). The van der Waals surface area contributed by atoms with Crippen LogP contribution in [-0.4, -0.2) is 56.4 Å². The summed E-state index contributed by atoms with van der Waals surface area (Å²) in [7, 11) is 1.59. The second-order valence-electron chi connectivity index (χ2n) is 8.03. The van der Waals surface area contributed by atoms with E-state index in [4.69, 9.17) is 33.2 Å². The van der Waals surface area contributed by atoms with Gasteiger partial charge in [-0.2, -0.15) is 0 Å². The first-order valence-corrected chi connectivity index (χ1v) is 11.0. The van der Waals surface area contributed by atoms with Gasteiger partial charge in [0.1, 0.15) is 24.1 Å². The topological polar surface area (TPSA) is 98.8 Å². The van der Waals surface area contributed by atoms with Gasteiger partial charge in [0.15, 0.2) is 12.4 Å². The minimum Gasteiger partial charge on any atom is -0.497 e. The molecule has 2 saturated heterocycles. The van der Waals surface area contributed by atoms with Crippen molar-refractivity contribution in [3.63, 3.8) is 0 Å². The molecule has 0 N–H and O–H groups in total. The van der Waals surface area contributed by atoms with Crippen LogP contribution in [0, 0.1) is 0 Å². The SMILES string of the molecule is COc1ccc([C@@H]2OC[C@H]3OC(OC(C)=O)[C@H](OC(C)=O)[C@@H](OCc4ccccc4)[C@@H]3O2)cc1. The van der Waals surface area contributed by atoms with Gasteiger partial charge < -0.3 is 33.2 Å². The number of benzene rings is 2. The molecule has 34 heavy (non-hydrogen) atoms. The molecule has 2 aromatic rings. The lowest BCUT2D eigenvalue weighted by molar-refractivity contribution is -0.361. The van der Waals surface area contributed by atoms with Crippen LogP contribution in [0.25, 0.3) is 0 Å². The summed E-state index contributed by atoms with van der Waals surface area (Å²) in [6, 6.07) is 16.9. The zero-order valence-electron chi connectivity index (χ0n) is 19.2. The molecule has 9 heteroatoms. The highest BCUT2D eigenvalue weighted by Crippen LogP contribution is 2.37. The number of esters is 2. The number of carbonyl (C=O) groups excluding carboxylic acids is 2. The standard InChI is InChI=1S/C25H28O9/c1-15(26)31-23-22(29-13-17-7-5-4-6-8-17)21-20(33-25(23)32-16(2)27)14-30-24(34-21)18-9-11-19(28-3)12-10-18/h4-12,20-25H,13-14H2,1-3H3/t20-,21-,22+,23-,24-,25?/m1/s1. The van der Waals surface area contributed by atoms with Gasteiger partial charge in [-0.15, -0.1) is 0 Å². The molecule has 0 amide bonds. The van der Waals surface area contributed by atoms with E-state index in [9.17, 15) is 9.59 Å². The Kier molecular flexibility index (Phi) is 7.79. The predicted molar refractivity (Wildman–Crippen MR) is 118 cm³/mol. The number of fused-ring (bicyclic) bond motifs is 1. The number of methoxy groups -OCH3 is 1. The third kappa shape index (κ3) is 5.74. The van der Waals surface area contributed by atoms with Gasteiger partial charge in [0.05, 0.1) is 20.3 Å². The van der Waals surface area contributed by atoms with E-state index in [0.29, 0.717) is 5.75 Å². The third-order valence-corrected chi connectivity index (χ3v) is 5.54. The fraction of sp³-hybridized carbons (Fsp3) is 0.440. The van der Waals surface area contributed by atoms with E-state index < -0.39 is 48.9 Å². The predicted octanol–water partition coefficient (Wildman–Crippen LogP) is 2.91. The quantitative estimate of drug-likeness (QED) is 0.563. The lowest BCUT2D eigenvalue weighted by Gasteiger charge is -2.48. The number of ether oxygens (including phenoxy) is 7. The van der Waals surface area contributed by atoms with Crippen LogP contribution >= 0.6 is 0 Å². The summed E-state index contributed by atoms with van der Waals surface area (Å²) < 4.78 is 40.4. The minimum absolute atomic E-state index is 0.164. The molecule has 2 aliphatic rings. The highest BCUT2D eigenvalue weighted by Gasteiger charge is 2.53. The fourth-order valence-electron chi connectivity index (χ4n) is 4.01. The maximum absolute atomic E-state index is 11.9. The van der Waals surface area contributed by atoms with Crippen molar-refractivity contribution in [2.75, 3.05) is 13.7 Å². The molecule has 0 radical (unpaired) electrons. The van der Waals surface area contributed by atoms with Crippen LogP contribution in [0.2, 0.25) is 0 Å². The zero-order valence-corrected chi connectivity index (χ0v) is 19.2. The van der Waals surface area contributed by atoms with Crippen LogP contribution in [-0.2, 0) is 44.6 Å². The number of hydrogen-bond acceptors (Lipinski definition) is 9. The summed E-state index contributed by atoms with van der Waals surface area (Å²) in [4.78, 5) is 23.6. The van der Waals surface area contributed by atoms with E-state index in [2.05, 4.69) is 0 Å². The van der Waals surface area contributed by atoms with Gasteiger partial charge >= 0.3 is 11.9 Å². The van der Waals surface area contributed by atoms with Crippen molar-refractivity contribution in [2.24, 2.45) is 0 Å². The Hall–Kier alpha value is -2.98. The van der Waals surface area contributed by atoms with E-state index in [1.165, 1.54) is 13.8 Å². The number of hydrogen-bond donors (Lipinski definition) is 0. The first-order chi connectivity index (χ1) is 16.4. The minimum atomic E-state index is -1.16. The summed E-state index contributed by atoms with van der Waals surface area (Å²) in [5.74, 6) is -0.422. The van der Waals surface area contributed by atoms with Gasteiger partial charge in [-0.3, -0.25) is 9.59 Å². The second kappa shape index (κ2) is 11.0. The smallest absolute Gasteiger partial charge is 0.305 e. The molecule has 2 aromatic carbocycles. The van der Waals surface area contributed by atoms with Crippen LogP contribution in [0.15, 0.2) is 54.6 Å². The van der Waals surface area contributed by atoms with Crippen molar-refractivity contribution in [3.05, 3.63) is 65.7 Å². The van der Waals surface area contributed by atoms with E-state index in [1.54, 1.807) is 7.11 Å². The molecule has 2 fully saturated rings. The van der Waals surface area contributed by atoms with E-state index in [0.717, 1.165) is 11.1 Å². The first-order valence-electron chi connectivity index (χ1n) is 11.0. The van der Waals surface area contributed by atoms with Gasteiger partial charge in [-0.25, -0.2) is 0 Å². The second-order valence-corrected chi connectivity index (χ2v) is 8.03. The Morgan fingerprint density at radius 2 is 1.62 bits per heavy atom. The largest absolute Gasteiger partial charge is 0.497 e. The van der Waals surface area contributed by atoms with Crippen molar-refractivity contribution >= 4 is 11.9 Å². The molecular formula is C25H28O9. The summed E-state index contributed by atoms with van der Waals surface area (Å²) in [6.07, 6.45) is -4.92. The van der Waals surface area contributed by atoms with E-state index in [-0.39, 0.29) is 13.2 Å². The van der Waals surface area contributed by atoms with Crippen molar-refractivity contribution in [2.45, 2.75) is 57.5 Å². The summed E-state index contributed by atoms with van der Waals surface area (Å²) in [6.45, 7) is 2.93. The van der Waals surface area contributed by atoms with Crippen LogP contribution < -0.4 is 4.74 Å². The lowest BCUT2D eigenvalue weighted by atomic mass is 9.97. The Labute approximate surface area is 197 Å². The molecule has 9 nitrogen and oxygen atoms in total. The van der Waals surface area contributed by atoms with Crippen molar-refractivity contribution < 1.29 is 42.7 Å². The molecule has 0 saturated carbocycles. The average Bonchev–Trinajstić information content (AvgIpc) is 2.83. The molecule has 1 unspecified atom stereocenters. The highest BCUT2D eigenvalue weighted by atomic mass is 16.8. The van der Waals surface area contributed by atoms with Gasteiger partial charge in [0, 0.05) is 19.4 Å². The molecule has 0 spiro atoms. The van der Waals surface area contributed by atoms with Gasteiger partial charge in [0.2, 0.25) is 6.29 Å². The highest BCUT2D eigenvalue weighted by molar-refractivity contribution is 5.67. The molecular weight excluding hydrogens is 444 g/mol. The average molecular weight is 472 g/mol. The Morgan fingerprint density at radius 1 is 0.912 bits per heavy atom. The normalized spacial score (nSPS) is 28.4. The number of rotatable bonds is 7. The maximum atomic E-state index is 11.9. The molecule has 0 aliphatic carbocycles. The first kappa shape index (κ1) is 24.2. The van der Waals surface area contributed by atoms with Crippen LogP contribution in [0.1, 0.15) is 31.3 Å².